The number of hydrogen-bond acceptors (Lipinski definition) is 3. The second kappa shape index (κ2) is 2.62. The molecule has 1 unspecified atom stereocenters. The summed E-state index contributed by atoms with van der Waals surface area (Å²) in [6, 6.07) is 0. The zero-order valence-electron chi connectivity index (χ0n) is 6.20. The standard InChI is InChI=1S/C7H11N3O/c11-7(5-2-1-3-5)6-4-8-10-9-6/h4-5,7,11H,1-3H2,(H,8,9,10). The molecule has 1 heterocycles. The van der Waals surface area contributed by atoms with Crippen LogP contribution in [0.5, 0.6) is 0 Å². The predicted octanol–water partition coefficient (Wildman–Crippen LogP) is 0.638. The first-order valence-electron chi connectivity index (χ1n) is 3.91. The Hall–Kier alpha value is -0.900. The first kappa shape index (κ1) is 6.79. The van der Waals surface area contributed by atoms with Crippen molar-refractivity contribution in [1.29, 1.82) is 0 Å². The molecule has 1 aromatic heterocycles. The molecular weight excluding hydrogens is 142 g/mol. The Morgan fingerprint density at radius 3 is 2.91 bits per heavy atom. The molecule has 0 radical (unpaired) electrons. The summed E-state index contributed by atoms with van der Waals surface area (Å²) in [7, 11) is 0. The van der Waals surface area contributed by atoms with Crippen molar-refractivity contribution in [2.24, 2.45) is 5.92 Å². The van der Waals surface area contributed by atoms with E-state index in [4.69, 9.17) is 0 Å². The van der Waals surface area contributed by atoms with Crippen molar-refractivity contribution in [3.05, 3.63) is 11.9 Å². The summed E-state index contributed by atoms with van der Waals surface area (Å²) in [6.07, 6.45) is 4.66. The lowest BCUT2D eigenvalue weighted by atomic mass is 9.80. The number of aliphatic hydroxyl groups is 1. The fourth-order valence-corrected chi connectivity index (χ4v) is 1.35. The number of H-pyrrole nitrogens is 1. The molecule has 2 rings (SSSR count). The number of rotatable bonds is 2. The molecule has 0 aromatic carbocycles. The molecule has 1 aliphatic carbocycles. The van der Waals surface area contributed by atoms with Crippen molar-refractivity contribution in [3.8, 4) is 0 Å². The summed E-state index contributed by atoms with van der Waals surface area (Å²) in [4.78, 5) is 0. The van der Waals surface area contributed by atoms with Gasteiger partial charge in [0.25, 0.3) is 0 Å². The van der Waals surface area contributed by atoms with Crippen LogP contribution in [0.2, 0.25) is 0 Å². The van der Waals surface area contributed by atoms with Crippen molar-refractivity contribution >= 4 is 0 Å². The molecular formula is C7H11N3O. The third kappa shape index (κ3) is 1.14. The van der Waals surface area contributed by atoms with Crippen molar-refractivity contribution in [1.82, 2.24) is 15.4 Å². The number of aromatic amines is 1. The minimum atomic E-state index is -0.400. The van der Waals surface area contributed by atoms with E-state index >= 15 is 0 Å². The van der Waals surface area contributed by atoms with Gasteiger partial charge in [-0.1, -0.05) is 6.42 Å². The van der Waals surface area contributed by atoms with E-state index in [1.807, 2.05) is 0 Å². The van der Waals surface area contributed by atoms with Gasteiger partial charge in [0.05, 0.1) is 6.20 Å². The van der Waals surface area contributed by atoms with Crippen molar-refractivity contribution in [3.63, 3.8) is 0 Å². The topological polar surface area (TPSA) is 61.8 Å². The van der Waals surface area contributed by atoms with Gasteiger partial charge in [0.2, 0.25) is 0 Å². The third-order valence-electron chi connectivity index (χ3n) is 2.33. The van der Waals surface area contributed by atoms with Crippen LogP contribution in [0.4, 0.5) is 0 Å². The first-order chi connectivity index (χ1) is 5.38. The molecule has 1 atom stereocenters. The monoisotopic (exact) mass is 153 g/mol. The van der Waals surface area contributed by atoms with Crippen molar-refractivity contribution in [2.75, 3.05) is 0 Å². The van der Waals surface area contributed by atoms with Crippen molar-refractivity contribution < 1.29 is 5.11 Å². The lowest BCUT2D eigenvalue weighted by molar-refractivity contribution is 0.0586. The summed E-state index contributed by atoms with van der Waals surface area (Å²) in [6.45, 7) is 0. The number of nitrogens with zero attached hydrogens (tertiary/aromatic N) is 2. The second-order valence-corrected chi connectivity index (χ2v) is 3.03. The second-order valence-electron chi connectivity index (χ2n) is 3.03. The Bertz CT molecular complexity index is 218. The Morgan fingerprint density at radius 2 is 2.45 bits per heavy atom. The molecule has 11 heavy (non-hydrogen) atoms. The van der Waals surface area contributed by atoms with Gasteiger partial charge in [0.15, 0.2) is 0 Å². The zero-order valence-corrected chi connectivity index (χ0v) is 6.20. The van der Waals surface area contributed by atoms with Crippen LogP contribution in [0.15, 0.2) is 6.20 Å². The summed E-state index contributed by atoms with van der Waals surface area (Å²) in [5.74, 6) is 0.417. The number of aliphatic hydroxyl groups excluding tert-OH is 1. The molecule has 0 amide bonds. The fraction of sp³-hybridized carbons (Fsp3) is 0.714. The summed E-state index contributed by atoms with van der Waals surface area (Å²) < 4.78 is 0. The van der Waals surface area contributed by atoms with E-state index in [9.17, 15) is 5.11 Å². The average Bonchev–Trinajstić information content (AvgIpc) is 2.32. The zero-order chi connectivity index (χ0) is 7.68. The lowest BCUT2D eigenvalue weighted by Crippen LogP contribution is -2.20. The Labute approximate surface area is 64.6 Å². The molecule has 0 spiro atoms. The molecule has 1 fully saturated rings. The van der Waals surface area contributed by atoms with E-state index in [1.54, 1.807) is 6.20 Å². The number of nitrogens with one attached hydrogen (secondary N) is 1. The molecule has 4 nitrogen and oxygen atoms in total. The third-order valence-corrected chi connectivity index (χ3v) is 2.33. The van der Waals surface area contributed by atoms with Crippen molar-refractivity contribution in [2.45, 2.75) is 25.4 Å². The summed E-state index contributed by atoms with van der Waals surface area (Å²) in [5, 5.41) is 19.6. The molecule has 1 aromatic rings. The molecule has 1 aliphatic rings. The van der Waals surface area contributed by atoms with Crippen LogP contribution >= 0.6 is 0 Å². The Morgan fingerprint density at radius 1 is 1.64 bits per heavy atom. The normalized spacial score (nSPS) is 21.2. The van der Waals surface area contributed by atoms with E-state index < -0.39 is 6.10 Å². The van der Waals surface area contributed by atoms with Crippen LogP contribution in [-0.2, 0) is 0 Å². The van der Waals surface area contributed by atoms with Crippen LogP contribution < -0.4 is 0 Å². The van der Waals surface area contributed by atoms with Gasteiger partial charge >= 0.3 is 0 Å². The molecule has 0 aliphatic heterocycles. The molecule has 0 bridgehead atoms. The highest BCUT2D eigenvalue weighted by Crippen LogP contribution is 2.36. The molecule has 60 valence electrons. The SMILES string of the molecule is OC(c1cn[nH]n1)C1CCC1. The number of aromatic nitrogens is 3. The van der Waals surface area contributed by atoms with Crippen LogP contribution in [0.25, 0.3) is 0 Å². The molecule has 2 N–H and O–H groups in total. The predicted molar refractivity (Wildman–Crippen MR) is 38.7 cm³/mol. The molecule has 1 saturated carbocycles. The van der Waals surface area contributed by atoms with E-state index in [0.29, 0.717) is 11.6 Å². The van der Waals surface area contributed by atoms with Crippen LogP contribution in [0.1, 0.15) is 31.1 Å². The summed E-state index contributed by atoms with van der Waals surface area (Å²) >= 11 is 0. The lowest BCUT2D eigenvalue weighted by Gasteiger charge is -2.28. The van der Waals surface area contributed by atoms with Gasteiger partial charge in [-0.2, -0.15) is 15.4 Å². The van der Waals surface area contributed by atoms with Gasteiger partial charge in [-0.25, -0.2) is 0 Å². The largest absolute Gasteiger partial charge is 0.386 e. The van der Waals surface area contributed by atoms with E-state index in [2.05, 4.69) is 15.4 Å². The maximum atomic E-state index is 9.61. The molecule has 0 saturated heterocycles. The Kier molecular flexibility index (Phi) is 1.62. The minimum absolute atomic E-state index is 0.400. The highest BCUT2D eigenvalue weighted by molar-refractivity contribution is 4.99. The highest BCUT2D eigenvalue weighted by atomic mass is 16.3. The number of hydrogen-bond donors (Lipinski definition) is 2. The van der Waals surface area contributed by atoms with Crippen LogP contribution in [0.3, 0.4) is 0 Å². The quantitative estimate of drug-likeness (QED) is 0.655. The maximum absolute atomic E-state index is 9.61. The van der Waals surface area contributed by atoms with Gasteiger partial charge < -0.3 is 5.11 Å². The van der Waals surface area contributed by atoms with Crippen LogP contribution in [0, 0.1) is 5.92 Å². The van der Waals surface area contributed by atoms with Gasteiger partial charge in [-0.15, -0.1) is 0 Å². The maximum Gasteiger partial charge on any atom is 0.111 e. The fourth-order valence-electron chi connectivity index (χ4n) is 1.35. The van der Waals surface area contributed by atoms with Crippen LogP contribution in [-0.4, -0.2) is 20.5 Å². The average molecular weight is 153 g/mol. The van der Waals surface area contributed by atoms with E-state index in [-0.39, 0.29) is 0 Å². The molecule has 4 heteroatoms. The minimum Gasteiger partial charge on any atom is -0.386 e. The van der Waals surface area contributed by atoms with E-state index in [0.717, 1.165) is 12.8 Å². The van der Waals surface area contributed by atoms with E-state index in [1.165, 1.54) is 6.42 Å². The van der Waals surface area contributed by atoms with Gasteiger partial charge in [0, 0.05) is 0 Å². The summed E-state index contributed by atoms with van der Waals surface area (Å²) in [5.41, 5.74) is 0.676. The smallest absolute Gasteiger partial charge is 0.111 e. The Balaban J connectivity index is 2.04. The van der Waals surface area contributed by atoms with Gasteiger partial charge in [-0.3, -0.25) is 0 Å². The first-order valence-corrected chi connectivity index (χ1v) is 3.91. The van der Waals surface area contributed by atoms with Gasteiger partial charge in [0.1, 0.15) is 11.8 Å². The highest BCUT2D eigenvalue weighted by Gasteiger charge is 2.27. The van der Waals surface area contributed by atoms with Gasteiger partial charge in [-0.05, 0) is 18.8 Å².